The van der Waals surface area contributed by atoms with E-state index in [-0.39, 0.29) is 18.6 Å². The summed E-state index contributed by atoms with van der Waals surface area (Å²) < 4.78 is 11.0. The highest BCUT2D eigenvalue weighted by molar-refractivity contribution is 9.10. The van der Waals surface area contributed by atoms with E-state index in [0.29, 0.717) is 5.75 Å². The van der Waals surface area contributed by atoms with E-state index in [0.717, 1.165) is 16.5 Å². The first-order valence-electron chi connectivity index (χ1n) is 6.94. The van der Waals surface area contributed by atoms with E-state index < -0.39 is 5.97 Å². The third-order valence-electron chi connectivity index (χ3n) is 2.96. The minimum atomic E-state index is -0.582. The zero-order valence-corrected chi connectivity index (χ0v) is 14.5. The van der Waals surface area contributed by atoms with Gasteiger partial charge in [0.05, 0.1) is 7.11 Å². The quantitative estimate of drug-likeness (QED) is 0.592. The Labute approximate surface area is 138 Å². The topological polar surface area (TPSA) is 64.6 Å². The smallest absolute Gasteiger partial charge is 0.331 e. The van der Waals surface area contributed by atoms with Gasteiger partial charge in [-0.25, -0.2) is 4.79 Å². The molecule has 1 rings (SSSR count). The van der Waals surface area contributed by atoms with Gasteiger partial charge in [-0.3, -0.25) is 4.79 Å². The second-order valence-electron chi connectivity index (χ2n) is 4.70. The standard InChI is InChI=1S/C16H20BrNO4/c1-4-11(2)18-15(19)10-22-16(20)8-5-12-9-13(17)6-7-14(12)21-3/h5-9,11H,4,10H2,1-3H3,(H,18,19)/b8-5+/t11-/m0/s1. The van der Waals surface area contributed by atoms with Crippen molar-refractivity contribution in [1.82, 2.24) is 5.32 Å². The van der Waals surface area contributed by atoms with Crippen molar-refractivity contribution in [3.63, 3.8) is 0 Å². The number of esters is 1. The molecule has 0 aromatic heterocycles. The first-order chi connectivity index (χ1) is 10.5. The Morgan fingerprint density at radius 2 is 2.14 bits per heavy atom. The number of hydrogen-bond donors (Lipinski definition) is 1. The lowest BCUT2D eigenvalue weighted by Gasteiger charge is -2.10. The summed E-state index contributed by atoms with van der Waals surface area (Å²) in [7, 11) is 1.55. The molecule has 0 saturated heterocycles. The second-order valence-corrected chi connectivity index (χ2v) is 5.62. The van der Waals surface area contributed by atoms with Crippen LogP contribution in [0.2, 0.25) is 0 Å². The third-order valence-corrected chi connectivity index (χ3v) is 3.45. The zero-order chi connectivity index (χ0) is 16.5. The number of hydrogen-bond acceptors (Lipinski definition) is 4. The van der Waals surface area contributed by atoms with Crippen LogP contribution in [0.3, 0.4) is 0 Å². The number of carbonyl (C=O) groups excluding carboxylic acids is 2. The van der Waals surface area contributed by atoms with E-state index in [9.17, 15) is 9.59 Å². The summed E-state index contributed by atoms with van der Waals surface area (Å²) in [6.45, 7) is 3.56. The Bertz CT molecular complexity index is 557. The molecule has 22 heavy (non-hydrogen) atoms. The van der Waals surface area contributed by atoms with E-state index in [1.807, 2.05) is 26.0 Å². The molecular weight excluding hydrogens is 350 g/mol. The van der Waals surface area contributed by atoms with Gasteiger partial charge in [0.25, 0.3) is 5.91 Å². The lowest BCUT2D eigenvalue weighted by Crippen LogP contribution is -2.35. The Balaban J connectivity index is 2.55. The average molecular weight is 370 g/mol. The molecule has 0 radical (unpaired) electrons. The van der Waals surface area contributed by atoms with Gasteiger partial charge >= 0.3 is 5.97 Å². The summed E-state index contributed by atoms with van der Waals surface area (Å²) in [5.74, 6) is -0.251. The maximum Gasteiger partial charge on any atom is 0.331 e. The van der Waals surface area contributed by atoms with E-state index >= 15 is 0 Å². The van der Waals surface area contributed by atoms with Crippen molar-refractivity contribution in [2.75, 3.05) is 13.7 Å². The number of ether oxygens (including phenoxy) is 2. The summed E-state index contributed by atoms with van der Waals surface area (Å²) in [6.07, 6.45) is 3.67. The highest BCUT2D eigenvalue weighted by Gasteiger charge is 2.08. The minimum absolute atomic E-state index is 0.0627. The van der Waals surface area contributed by atoms with Crippen LogP contribution in [0.5, 0.6) is 5.75 Å². The summed E-state index contributed by atoms with van der Waals surface area (Å²) in [4.78, 5) is 23.1. The first kappa shape index (κ1) is 18.2. The molecule has 1 aromatic carbocycles. The number of benzene rings is 1. The monoisotopic (exact) mass is 369 g/mol. The van der Waals surface area contributed by atoms with Crippen LogP contribution in [0.1, 0.15) is 25.8 Å². The van der Waals surface area contributed by atoms with Crippen molar-refractivity contribution in [2.24, 2.45) is 0 Å². The normalized spacial score (nSPS) is 12.0. The maximum atomic E-state index is 11.6. The molecule has 1 amide bonds. The van der Waals surface area contributed by atoms with Crippen LogP contribution in [0.4, 0.5) is 0 Å². The fourth-order valence-corrected chi connectivity index (χ4v) is 1.98. The van der Waals surface area contributed by atoms with E-state index in [1.54, 1.807) is 19.3 Å². The molecule has 0 fully saturated rings. The van der Waals surface area contributed by atoms with E-state index in [4.69, 9.17) is 9.47 Å². The van der Waals surface area contributed by atoms with Gasteiger partial charge in [-0.1, -0.05) is 22.9 Å². The molecular formula is C16H20BrNO4. The van der Waals surface area contributed by atoms with Crippen LogP contribution in [-0.4, -0.2) is 31.6 Å². The molecule has 0 aliphatic heterocycles. The van der Waals surface area contributed by atoms with Gasteiger partial charge in [-0.15, -0.1) is 0 Å². The Kier molecular flexibility index (Phi) is 7.66. The third kappa shape index (κ3) is 6.30. The average Bonchev–Trinajstić information content (AvgIpc) is 2.50. The van der Waals surface area contributed by atoms with E-state index in [2.05, 4.69) is 21.2 Å². The van der Waals surface area contributed by atoms with Gasteiger partial charge in [-0.05, 0) is 37.6 Å². The molecule has 0 unspecified atom stereocenters. The second kappa shape index (κ2) is 9.25. The number of rotatable bonds is 7. The van der Waals surface area contributed by atoms with Crippen molar-refractivity contribution >= 4 is 33.9 Å². The number of methoxy groups -OCH3 is 1. The molecule has 0 saturated carbocycles. The van der Waals surface area contributed by atoms with Crippen LogP contribution in [0, 0.1) is 0 Å². The molecule has 6 heteroatoms. The van der Waals surface area contributed by atoms with Crippen molar-refractivity contribution in [3.05, 3.63) is 34.3 Å². The van der Waals surface area contributed by atoms with Gasteiger partial charge in [0, 0.05) is 22.2 Å². The van der Waals surface area contributed by atoms with Crippen molar-refractivity contribution in [3.8, 4) is 5.75 Å². The molecule has 5 nitrogen and oxygen atoms in total. The molecule has 0 aliphatic rings. The highest BCUT2D eigenvalue weighted by atomic mass is 79.9. The minimum Gasteiger partial charge on any atom is -0.496 e. The fourth-order valence-electron chi connectivity index (χ4n) is 1.60. The Hall–Kier alpha value is -1.82. The van der Waals surface area contributed by atoms with Crippen LogP contribution >= 0.6 is 15.9 Å². The van der Waals surface area contributed by atoms with Gasteiger partial charge in [0.2, 0.25) is 0 Å². The summed E-state index contributed by atoms with van der Waals surface area (Å²) in [5.41, 5.74) is 0.734. The van der Waals surface area contributed by atoms with Crippen LogP contribution < -0.4 is 10.1 Å². The van der Waals surface area contributed by atoms with Crippen LogP contribution in [0.25, 0.3) is 6.08 Å². The predicted octanol–water partition coefficient (Wildman–Crippen LogP) is 2.93. The molecule has 1 N–H and O–H groups in total. The predicted molar refractivity (Wildman–Crippen MR) is 88.6 cm³/mol. The van der Waals surface area contributed by atoms with E-state index in [1.165, 1.54) is 6.08 Å². The summed E-state index contributed by atoms with van der Waals surface area (Å²) in [5, 5.41) is 2.72. The van der Waals surface area contributed by atoms with Gasteiger partial charge < -0.3 is 14.8 Å². The van der Waals surface area contributed by atoms with Crippen molar-refractivity contribution < 1.29 is 19.1 Å². The zero-order valence-electron chi connectivity index (χ0n) is 12.9. The highest BCUT2D eigenvalue weighted by Crippen LogP contribution is 2.24. The molecule has 0 heterocycles. The molecule has 0 spiro atoms. The summed E-state index contributed by atoms with van der Waals surface area (Å²) in [6, 6.07) is 5.51. The molecule has 0 bridgehead atoms. The molecule has 1 atom stereocenters. The van der Waals surface area contributed by atoms with Gasteiger partial charge in [0.15, 0.2) is 6.61 Å². The lowest BCUT2D eigenvalue weighted by molar-refractivity contribution is -0.144. The van der Waals surface area contributed by atoms with Crippen LogP contribution in [0.15, 0.2) is 28.7 Å². The van der Waals surface area contributed by atoms with Crippen LogP contribution in [-0.2, 0) is 14.3 Å². The molecule has 1 aromatic rings. The van der Waals surface area contributed by atoms with Gasteiger partial charge in [-0.2, -0.15) is 0 Å². The summed E-state index contributed by atoms with van der Waals surface area (Å²) >= 11 is 3.35. The number of amides is 1. The molecule has 0 aliphatic carbocycles. The molecule has 120 valence electrons. The first-order valence-corrected chi connectivity index (χ1v) is 7.73. The lowest BCUT2D eigenvalue weighted by atomic mass is 10.2. The maximum absolute atomic E-state index is 11.6. The fraction of sp³-hybridized carbons (Fsp3) is 0.375. The number of halogens is 1. The van der Waals surface area contributed by atoms with Gasteiger partial charge in [0.1, 0.15) is 5.75 Å². The van der Waals surface area contributed by atoms with Crippen molar-refractivity contribution in [2.45, 2.75) is 26.3 Å². The number of carbonyl (C=O) groups is 2. The largest absolute Gasteiger partial charge is 0.496 e. The Morgan fingerprint density at radius 3 is 2.77 bits per heavy atom. The van der Waals surface area contributed by atoms with Crippen molar-refractivity contribution in [1.29, 1.82) is 0 Å². The Morgan fingerprint density at radius 1 is 1.41 bits per heavy atom. The SMILES string of the molecule is CC[C@H](C)NC(=O)COC(=O)/C=C/c1cc(Br)ccc1OC. The number of nitrogens with one attached hydrogen (secondary N) is 1.